The highest BCUT2D eigenvalue weighted by Gasteiger charge is 2.30. The van der Waals surface area contributed by atoms with E-state index in [4.69, 9.17) is 5.73 Å². The van der Waals surface area contributed by atoms with Crippen LogP contribution in [0.15, 0.2) is 24.3 Å². The lowest BCUT2D eigenvalue weighted by molar-refractivity contribution is -0.137. The van der Waals surface area contributed by atoms with Gasteiger partial charge in [0.2, 0.25) is 5.91 Å². The quantitative estimate of drug-likeness (QED) is 0.770. The highest BCUT2D eigenvalue weighted by Crippen LogP contribution is 2.29. The minimum atomic E-state index is -4.32. The fraction of sp³-hybridized carbons (Fsp3) is 0.364. The van der Waals surface area contributed by atoms with E-state index in [1.807, 2.05) is 0 Å². The Morgan fingerprint density at radius 1 is 1.35 bits per heavy atom. The van der Waals surface area contributed by atoms with E-state index in [9.17, 15) is 18.0 Å². The molecule has 6 heteroatoms. The molecule has 94 valence electrons. The van der Waals surface area contributed by atoms with Crippen LogP contribution in [0, 0.1) is 0 Å². The van der Waals surface area contributed by atoms with Crippen LogP contribution in [-0.4, -0.2) is 19.0 Å². The van der Waals surface area contributed by atoms with E-state index in [0.717, 1.165) is 12.1 Å². The first-order valence-electron chi connectivity index (χ1n) is 5.05. The number of hydrogen-bond donors (Lipinski definition) is 2. The van der Waals surface area contributed by atoms with E-state index in [1.54, 1.807) is 6.07 Å². The molecular weight excluding hydrogens is 233 g/mol. The van der Waals surface area contributed by atoms with Gasteiger partial charge >= 0.3 is 6.18 Å². The fourth-order valence-electron chi connectivity index (χ4n) is 1.35. The Hall–Kier alpha value is -1.56. The molecule has 0 unspecified atom stereocenters. The molecule has 0 fully saturated rings. The van der Waals surface area contributed by atoms with Crippen LogP contribution in [-0.2, 0) is 17.4 Å². The SMILES string of the molecule is NC(=O)CNCCc1cccc(C(F)(F)F)c1. The van der Waals surface area contributed by atoms with E-state index < -0.39 is 17.6 Å². The molecule has 3 nitrogen and oxygen atoms in total. The monoisotopic (exact) mass is 246 g/mol. The van der Waals surface area contributed by atoms with Gasteiger partial charge in [0.1, 0.15) is 0 Å². The summed E-state index contributed by atoms with van der Waals surface area (Å²) >= 11 is 0. The third-order valence-corrected chi connectivity index (χ3v) is 2.14. The largest absolute Gasteiger partial charge is 0.416 e. The van der Waals surface area contributed by atoms with E-state index in [1.165, 1.54) is 6.07 Å². The Morgan fingerprint density at radius 2 is 2.06 bits per heavy atom. The standard InChI is InChI=1S/C11H13F3N2O/c12-11(13,14)9-3-1-2-8(6-9)4-5-16-7-10(15)17/h1-3,6,16H,4-5,7H2,(H2,15,17). The van der Waals surface area contributed by atoms with Crippen molar-refractivity contribution >= 4 is 5.91 Å². The van der Waals surface area contributed by atoms with Crippen molar-refractivity contribution in [2.75, 3.05) is 13.1 Å². The summed E-state index contributed by atoms with van der Waals surface area (Å²) in [5, 5.41) is 2.74. The van der Waals surface area contributed by atoms with Gasteiger partial charge in [-0.05, 0) is 24.6 Å². The molecule has 17 heavy (non-hydrogen) atoms. The molecular formula is C11H13F3N2O. The van der Waals surface area contributed by atoms with E-state index in [2.05, 4.69) is 5.32 Å². The van der Waals surface area contributed by atoms with Gasteiger partial charge < -0.3 is 11.1 Å². The minimum Gasteiger partial charge on any atom is -0.369 e. The number of nitrogens with one attached hydrogen (secondary N) is 1. The van der Waals surface area contributed by atoms with Crippen LogP contribution < -0.4 is 11.1 Å². The van der Waals surface area contributed by atoms with Crippen molar-refractivity contribution in [3.8, 4) is 0 Å². The number of halogens is 3. The zero-order chi connectivity index (χ0) is 12.9. The minimum absolute atomic E-state index is 0.0267. The van der Waals surface area contributed by atoms with Crippen molar-refractivity contribution in [2.24, 2.45) is 5.73 Å². The molecule has 0 saturated carbocycles. The second-order valence-corrected chi connectivity index (χ2v) is 3.59. The molecule has 0 saturated heterocycles. The van der Waals surface area contributed by atoms with E-state index >= 15 is 0 Å². The lowest BCUT2D eigenvalue weighted by Crippen LogP contribution is -2.29. The van der Waals surface area contributed by atoms with Crippen molar-refractivity contribution < 1.29 is 18.0 Å². The van der Waals surface area contributed by atoms with Crippen molar-refractivity contribution in [1.29, 1.82) is 0 Å². The number of rotatable bonds is 5. The van der Waals surface area contributed by atoms with Crippen LogP contribution in [0.4, 0.5) is 13.2 Å². The van der Waals surface area contributed by atoms with Gasteiger partial charge in [-0.1, -0.05) is 18.2 Å². The topological polar surface area (TPSA) is 55.1 Å². The van der Waals surface area contributed by atoms with Gasteiger partial charge in [0.05, 0.1) is 12.1 Å². The molecule has 0 spiro atoms. The lowest BCUT2D eigenvalue weighted by atomic mass is 10.1. The van der Waals surface area contributed by atoms with E-state index in [0.29, 0.717) is 18.5 Å². The molecule has 0 aliphatic carbocycles. The number of hydrogen-bond acceptors (Lipinski definition) is 2. The number of carbonyl (C=O) groups is 1. The number of amides is 1. The van der Waals surface area contributed by atoms with Crippen molar-refractivity contribution in [3.05, 3.63) is 35.4 Å². The number of carbonyl (C=O) groups excluding carboxylic acids is 1. The summed E-state index contributed by atoms with van der Waals surface area (Å²) in [7, 11) is 0. The van der Waals surface area contributed by atoms with Gasteiger partial charge in [-0.25, -0.2) is 0 Å². The zero-order valence-electron chi connectivity index (χ0n) is 9.05. The molecule has 1 aromatic rings. The van der Waals surface area contributed by atoms with Gasteiger partial charge in [0.15, 0.2) is 0 Å². The van der Waals surface area contributed by atoms with Gasteiger partial charge in [-0.15, -0.1) is 0 Å². The fourth-order valence-corrected chi connectivity index (χ4v) is 1.35. The van der Waals surface area contributed by atoms with Crippen LogP contribution in [0.1, 0.15) is 11.1 Å². The number of nitrogens with two attached hydrogens (primary N) is 1. The summed E-state index contributed by atoms with van der Waals surface area (Å²) in [5.74, 6) is -0.492. The summed E-state index contributed by atoms with van der Waals surface area (Å²) in [6, 6.07) is 5.11. The normalized spacial score (nSPS) is 11.5. The van der Waals surface area contributed by atoms with Crippen LogP contribution >= 0.6 is 0 Å². The summed E-state index contributed by atoms with van der Waals surface area (Å²) in [4.78, 5) is 10.4. The molecule has 0 aliphatic rings. The molecule has 0 aliphatic heterocycles. The van der Waals surface area contributed by atoms with Crippen LogP contribution in [0.2, 0.25) is 0 Å². The average molecular weight is 246 g/mol. The third kappa shape index (κ3) is 4.86. The lowest BCUT2D eigenvalue weighted by Gasteiger charge is -2.08. The predicted molar refractivity (Wildman–Crippen MR) is 57.2 cm³/mol. The van der Waals surface area contributed by atoms with Gasteiger partial charge in [-0.2, -0.15) is 13.2 Å². The molecule has 0 aromatic heterocycles. The van der Waals surface area contributed by atoms with Gasteiger partial charge in [-0.3, -0.25) is 4.79 Å². The first-order chi connectivity index (χ1) is 7.89. The molecule has 0 atom stereocenters. The van der Waals surface area contributed by atoms with Crippen LogP contribution in [0.3, 0.4) is 0 Å². The van der Waals surface area contributed by atoms with Gasteiger partial charge in [0, 0.05) is 0 Å². The van der Waals surface area contributed by atoms with Crippen molar-refractivity contribution in [1.82, 2.24) is 5.32 Å². The number of primary amides is 1. The molecule has 1 aromatic carbocycles. The van der Waals surface area contributed by atoms with Crippen LogP contribution in [0.5, 0.6) is 0 Å². The molecule has 0 heterocycles. The molecule has 0 radical (unpaired) electrons. The molecule has 3 N–H and O–H groups in total. The number of alkyl halides is 3. The second-order valence-electron chi connectivity index (χ2n) is 3.59. The Labute approximate surface area is 96.8 Å². The smallest absolute Gasteiger partial charge is 0.369 e. The molecule has 0 bridgehead atoms. The molecule has 1 amide bonds. The average Bonchev–Trinajstić information content (AvgIpc) is 2.23. The summed E-state index contributed by atoms with van der Waals surface area (Å²) in [5.41, 5.74) is 4.81. The van der Waals surface area contributed by atoms with E-state index in [-0.39, 0.29) is 6.54 Å². The number of benzene rings is 1. The maximum atomic E-state index is 12.4. The maximum Gasteiger partial charge on any atom is 0.416 e. The predicted octanol–water partition coefficient (Wildman–Crippen LogP) is 1.32. The Bertz CT molecular complexity index is 391. The summed E-state index contributed by atoms with van der Waals surface area (Å²) < 4.78 is 37.2. The van der Waals surface area contributed by atoms with Crippen LogP contribution in [0.25, 0.3) is 0 Å². The first-order valence-corrected chi connectivity index (χ1v) is 5.05. The summed E-state index contributed by atoms with van der Waals surface area (Å²) in [6.07, 6.45) is -3.91. The molecule has 1 rings (SSSR count). The second kappa shape index (κ2) is 5.67. The highest BCUT2D eigenvalue weighted by atomic mass is 19.4. The van der Waals surface area contributed by atoms with Crippen molar-refractivity contribution in [3.63, 3.8) is 0 Å². The first kappa shape index (κ1) is 13.5. The Balaban J connectivity index is 2.52. The highest BCUT2D eigenvalue weighted by molar-refractivity contribution is 5.75. The Morgan fingerprint density at radius 3 is 2.65 bits per heavy atom. The maximum absolute atomic E-state index is 12.4. The van der Waals surface area contributed by atoms with Gasteiger partial charge in [0.25, 0.3) is 0 Å². The van der Waals surface area contributed by atoms with Crippen molar-refractivity contribution in [2.45, 2.75) is 12.6 Å². The zero-order valence-corrected chi connectivity index (χ0v) is 9.05. The third-order valence-electron chi connectivity index (χ3n) is 2.14. The summed E-state index contributed by atoms with van der Waals surface area (Å²) in [6.45, 7) is 0.434. The Kier molecular flexibility index (Phi) is 4.51.